The first-order valence-electron chi connectivity index (χ1n) is 16.6. The molecule has 1 unspecified atom stereocenters. The highest BCUT2D eigenvalue weighted by molar-refractivity contribution is 6.36. The number of hydrogen-bond donors (Lipinski definition) is 2. The Bertz CT molecular complexity index is 1830. The summed E-state index contributed by atoms with van der Waals surface area (Å²) in [4.78, 5) is 30.3. The minimum absolute atomic E-state index is 0.201. The first-order chi connectivity index (χ1) is 23.7. The Kier molecular flexibility index (Phi) is 9.44. The van der Waals surface area contributed by atoms with Crippen molar-refractivity contribution in [2.45, 2.75) is 63.9 Å². The smallest absolute Gasteiger partial charge is 0.404 e. The predicted octanol–water partition coefficient (Wildman–Crippen LogP) is 6.18. The monoisotopic (exact) mass is 710 g/mol. The van der Waals surface area contributed by atoms with Crippen molar-refractivity contribution in [2.75, 3.05) is 50.3 Å². The molecule has 3 saturated heterocycles. The largest absolute Gasteiger partial charge is 0.497 e. The fraction of sp³-hybridized carbons (Fsp3) is 0.500. The molecule has 1 spiro atoms. The number of nitrogens with one attached hydrogen (secondary N) is 1. The number of halogens is 2. The van der Waals surface area contributed by atoms with Crippen molar-refractivity contribution in [3.05, 3.63) is 52.3 Å². The van der Waals surface area contributed by atoms with Crippen LogP contribution in [0, 0.1) is 5.41 Å². The zero-order valence-corrected chi connectivity index (χ0v) is 29.2. The number of methoxy groups -OCH3 is 1. The SMILES string of the molecule is COc1ccc(CN(C)c2nccc(-c3nn(C4CCCCO4)c4nc(N5CCC6(CC5)CO[C@@H](C)[C@H]6NC(=O)O)c(Cl)nc34)c2Cl)cc1. The molecule has 6 heterocycles. The van der Waals surface area contributed by atoms with Gasteiger partial charge in [-0.1, -0.05) is 35.3 Å². The lowest BCUT2D eigenvalue weighted by atomic mass is 9.73. The summed E-state index contributed by atoms with van der Waals surface area (Å²) in [6.07, 6.45) is 4.38. The second-order valence-electron chi connectivity index (χ2n) is 13.1. The summed E-state index contributed by atoms with van der Waals surface area (Å²) < 4.78 is 19.2. The second kappa shape index (κ2) is 13.8. The quantitative estimate of drug-likeness (QED) is 0.217. The van der Waals surface area contributed by atoms with E-state index in [4.69, 9.17) is 52.5 Å². The summed E-state index contributed by atoms with van der Waals surface area (Å²) in [5, 5.41) is 17.9. The highest BCUT2D eigenvalue weighted by atomic mass is 35.5. The molecule has 13 nitrogen and oxygen atoms in total. The Hall–Kier alpha value is -3.91. The minimum atomic E-state index is -1.04. The Labute approximate surface area is 294 Å². The molecule has 2 N–H and O–H groups in total. The molecule has 1 aromatic carbocycles. The molecule has 3 aliphatic rings. The molecule has 3 fully saturated rings. The summed E-state index contributed by atoms with van der Waals surface area (Å²) in [6.45, 7) is 4.87. The Balaban J connectivity index is 1.22. The number of benzene rings is 1. The van der Waals surface area contributed by atoms with E-state index in [1.54, 1.807) is 13.3 Å². The van der Waals surface area contributed by atoms with Crippen molar-refractivity contribution in [3.63, 3.8) is 0 Å². The molecule has 0 aliphatic carbocycles. The molecule has 4 aromatic rings. The van der Waals surface area contributed by atoms with Gasteiger partial charge in [-0.25, -0.2) is 24.4 Å². The van der Waals surface area contributed by atoms with E-state index in [0.717, 1.165) is 30.6 Å². The van der Waals surface area contributed by atoms with Crippen molar-refractivity contribution < 1.29 is 24.1 Å². The van der Waals surface area contributed by atoms with Gasteiger partial charge in [-0.05, 0) is 62.8 Å². The van der Waals surface area contributed by atoms with Crippen LogP contribution in [-0.2, 0) is 16.0 Å². The van der Waals surface area contributed by atoms with Crippen LogP contribution in [0.25, 0.3) is 22.4 Å². The van der Waals surface area contributed by atoms with Crippen molar-refractivity contribution >= 4 is 52.1 Å². The van der Waals surface area contributed by atoms with Gasteiger partial charge in [-0.15, -0.1) is 0 Å². The number of carboxylic acid groups (broad SMARTS) is 1. The van der Waals surface area contributed by atoms with Crippen LogP contribution in [-0.4, -0.2) is 88.5 Å². The third-order valence-electron chi connectivity index (χ3n) is 10.1. The van der Waals surface area contributed by atoms with E-state index in [1.165, 1.54) is 0 Å². The molecule has 3 atom stereocenters. The van der Waals surface area contributed by atoms with Gasteiger partial charge in [-0.2, -0.15) is 5.10 Å². The summed E-state index contributed by atoms with van der Waals surface area (Å²) in [7, 11) is 3.59. The Morgan fingerprint density at radius 2 is 1.92 bits per heavy atom. The molecule has 7 rings (SSSR count). The number of ether oxygens (including phenoxy) is 3. The first kappa shape index (κ1) is 33.6. The number of rotatable bonds is 8. The normalized spacial score (nSPS) is 22.1. The van der Waals surface area contributed by atoms with Crippen LogP contribution in [0.2, 0.25) is 10.2 Å². The topological polar surface area (TPSA) is 140 Å². The van der Waals surface area contributed by atoms with Crippen molar-refractivity contribution in [1.29, 1.82) is 0 Å². The van der Waals surface area contributed by atoms with E-state index in [-0.39, 0.29) is 28.9 Å². The molecule has 0 saturated carbocycles. The van der Waals surface area contributed by atoms with Crippen LogP contribution in [0.5, 0.6) is 5.75 Å². The van der Waals surface area contributed by atoms with E-state index in [0.29, 0.717) is 84.8 Å². The standard InChI is InChI=1S/C34H40Cl2N8O5/c1-20-28(39-33(45)46)34(19-49-20)12-15-43(16-13-34)32-29(36)38-27-26(41-44(31(27)40-32)24-6-4-5-17-48-24)23-11-14-37-30(25(23)35)42(2)18-21-7-9-22(47-3)10-8-21/h7-11,14,20,24,28,39H,4-6,12-13,15-19H2,1-3H3,(H,45,46)/t20-,24?,28+/m0/s1. The number of nitrogens with zero attached hydrogens (tertiary/aromatic N) is 7. The molecule has 3 aromatic heterocycles. The molecular weight excluding hydrogens is 671 g/mol. The van der Waals surface area contributed by atoms with E-state index in [1.807, 2.05) is 53.9 Å². The highest BCUT2D eigenvalue weighted by Crippen LogP contribution is 2.44. The maximum Gasteiger partial charge on any atom is 0.404 e. The van der Waals surface area contributed by atoms with Gasteiger partial charge in [0.05, 0.1) is 30.9 Å². The number of aromatic nitrogens is 5. The van der Waals surface area contributed by atoms with Crippen LogP contribution < -0.4 is 19.9 Å². The van der Waals surface area contributed by atoms with Crippen LogP contribution in [0.3, 0.4) is 0 Å². The van der Waals surface area contributed by atoms with E-state index in [9.17, 15) is 9.90 Å². The number of anilines is 2. The number of fused-ring (bicyclic) bond motifs is 1. The van der Waals surface area contributed by atoms with Gasteiger partial charge in [-0.3, -0.25) is 0 Å². The van der Waals surface area contributed by atoms with Crippen LogP contribution >= 0.6 is 23.2 Å². The minimum Gasteiger partial charge on any atom is -0.497 e. The van der Waals surface area contributed by atoms with Crippen LogP contribution in [0.4, 0.5) is 16.4 Å². The number of piperidine rings is 1. The van der Waals surface area contributed by atoms with Gasteiger partial charge in [0, 0.05) is 50.5 Å². The summed E-state index contributed by atoms with van der Waals surface area (Å²) in [5.74, 6) is 1.95. The second-order valence-corrected chi connectivity index (χ2v) is 13.9. The van der Waals surface area contributed by atoms with Crippen molar-refractivity contribution in [3.8, 4) is 17.0 Å². The zero-order valence-electron chi connectivity index (χ0n) is 27.7. The maximum absolute atomic E-state index is 11.6. The lowest BCUT2D eigenvalue weighted by molar-refractivity contribution is -0.0368. The third kappa shape index (κ3) is 6.44. The van der Waals surface area contributed by atoms with Gasteiger partial charge in [0.2, 0.25) is 0 Å². The summed E-state index contributed by atoms with van der Waals surface area (Å²) in [6, 6.07) is 9.43. The average Bonchev–Trinajstić information content (AvgIpc) is 3.62. The molecule has 15 heteroatoms. The predicted molar refractivity (Wildman–Crippen MR) is 187 cm³/mol. The molecule has 49 heavy (non-hydrogen) atoms. The molecular formula is C34H40Cl2N8O5. The van der Waals surface area contributed by atoms with Crippen LogP contribution in [0.15, 0.2) is 36.5 Å². The van der Waals surface area contributed by atoms with Gasteiger partial charge in [0.1, 0.15) is 22.8 Å². The fourth-order valence-corrected chi connectivity index (χ4v) is 7.98. The lowest BCUT2D eigenvalue weighted by Crippen LogP contribution is -2.54. The highest BCUT2D eigenvalue weighted by Gasteiger charge is 2.50. The van der Waals surface area contributed by atoms with E-state index in [2.05, 4.69) is 15.2 Å². The maximum atomic E-state index is 11.6. The van der Waals surface area contributed by atoms with Crippen LogP contribution in [0.1, 0.15) is 50.8 Å². The van der Waals surface area contributed by atoms with Gasteiger partial charge in [0.25, 0.3) is 0 Å². The third-order valence-corrected chi connectivity index (χ3v) is 10.7. The number of amides is 1. The molecule has 0 radical (unpaired) electrons. The molecule has 260 valence electrons. The lowest BCUT2D eigenvalue weighted by Gasteiger charge is -2.42. The Morgan fingerprint density at radius 3 is 2.61 bits per heavy atom. The van der Waals surface area contributed by atoms with E-state index < -0.39 is 6.09 Å². The van der Waals surface area contributed by atoms with Gasteiger partial charge < -0.3 is 34.4 Å². The Morgan fingerprint density at radius 1 is 1.14 bits per heavy atom. The van der Waals surface area contributed by atoms with Gasteiger partial charge >= 0.3 is 6.09 Å². The van der Waals surface area contributed by atoms with Crippen molar-refractivity contribution in [1.82, 2.24) is 30.0 Å². The summed E-state index contributed by atoms with van der Waals surface area (Å²) in [5.41, 5.74) is 3.09. The zero-order chi connectivity index (χ0) is 34.3. The average molecular weight is 712 g/mol. The molecule has 0 bridgehead atoms. The number of pyridine rings is 1. The van der Waals surface area contributed by atoms with Gasteiger partial charge in [0.15, 0.2) is 22.8 Å². The number of hydrogen-bond acceptors (Lipinski definition) is 10. The summed E-state index contributed by atoms with van der Waals surface area (Å²) >= 11 is 14.0. The van der Waals surface area contributed by atoms with Crippen molar-refractivity contribution in [2.24, 2.45) is 5.41 Å². The molecule has 1 amide bonds. The molecule has 3 aliphatic heterocycles. The first-order valence-corrected chi connectivity index (χ1v) is 17.4. The number of carbonyl (C=O) groups is 1. The fourth-order valence-electron chi connectivity index (χ4n) is 7.38. The van der Waals surface area contributed by atoms with E-state index >= 15 is 0 Å².